The van der Waals surface area contributed by atoms with Crippen molar-refractivity contribution < 1.29 is 13.2 Å². The normalized spacial score (nSPS) is 15.2. The van der Waals surface area contributed by atoms with Crippen LogP contribution in [0, 0.1) is 6.92 Å². The molecule has 1 aromatic heterocycles. The molecule has 0 aliphatic carbocycles. The van der Waals surface area contributed by atoms with E-state index in [-0.39, 0.29) is 23.8 Å². The number of imidazole rings is 1. The summed E-state index contributed by atoms with van der Waals surface area (Å²) in [4.78, 5) is 18.5. The van der Waals surface area contributed by atoms with E-state index in [0.717, 1.165) is 0 Å². The fraction of sp³-hybridized carbons (Fsp3) is 0.231. The minimum atomic E-state index is -3.71. The average molecular weight is 291 g/mol. The largest absolute Gasteiger partial charge is 0.332 e. The van der Waals surface area contributed by atoms with Crippen LogP contribution in [0.1, 0.15) is 22.6 Å². The van der Waals surface area contributed by atoms with Gasteiger partial charge in [-0.05, 0) is 19.1 Å². The van der Waals surface area contributed by atoms with Gasteiger partial charge in [0, 0.05) is 18.5 Å². The number of benzene rings is 1. The molecule has 0 saturated heterocycles. The number of para-hydroxylation sites is 1. The van der Waals surface area contributed by atoms with Crippen LogP contribution in [0.25, 0.3) is 0 Å². The van der Waals surface area contributed by atoms with E-state index in [2.05, 4.69) is 9.97 Å². The van der Waals surface area contributed by atoms with E-state index in [1.807, 2.05) is 0 Å². The van der Waals surface area contributed by atoms with E-state index >= 15 is 0 Å². The number of carbonyl (C=O) groups excluding carboxylic acids is 1. The molecule has 1 N–H and O–H groups in total. The van der Waals surface area contributed by atoms with Gasteiger partial charge in [0.25, 0.3) is 10.0 Å². The fourth-order valence-electron chi connectivity index (χ4n) is 2.28. The third-order valence-electron chi connectivity index (χ3n) is 3.26. The van der Waals surface area contributed by atoms with Crippen LogP contribution in [0.2, 0.25) is 0 Å². The van der Waals surface area contributed by atoms with Crippen LogP contribution in [0.3, 0.4) is 0 Å². The molecule has 0 saturated carbocycles. The van der Waals surface area contributed by atoms with Gasteiger partial charge in [-0.3, -0.25) is 9.10 Å². The van der Waals surface area contributed by atoms with Gasteiger partial charge in [0.05, 0.1) is 11.9 Å². The molecule has 104 valence electrons. The molecule has 1 aliphatic rings. The van der Waals surface area contributed by atoms with Crippen LogP contribution in [0.4, 0.5) is 5.69 Å². The molecule has 0 fully saturated rings. The van der Waals surface area contributed by atoms with Crippen LogP contribution < -0.4 is 4.31 Å². The number of aromatic nitrogens is 2. The van der Waals surface area contributed by atoms with Gasteiger partial charge < -0.3 is 4.98 Å². The smallest absolute Gasteiger partial charge is 0.281 e. The second-order valence-electron chi connectivity index (χ2n) is 4.60. The van der Waals surface area contributed by atoms with E-state index in [1.54, 1.807) is 31.2 Å². The minimum Gasteiger partial charge on any atom is -0.332 e. The summed E-state index contributed by atoms with van der Waals surface area (Å²) in [7, 11) is -3.71. The van der Waals surface area contributed by atoms with Crippen molar-refractivity contribution in [1.29, 1.82) is 0 Å². The Morgan fingerprint density at radius 1 is 1.30 bits per heavy atom. The van der Waals surface area contributed by atoms with Crippen molar-refractivity contribution in [1.82, 2.24) is 9.97 Å². The van der Waals surface area contributed by atoms with Crippen LogP contribution in [-0.4, -0.2) is 30.7 Å². The first kappa shape index (κ1) is 12.9. The highest BCUT2D eigenvalue weighted by molar-refractivity contribution is 7.92. The van der Waals surface area contributed by atoms with Gasteiger partial charge in [-0.2, -0.15) is 8.42 Å². The highest BCUT2D eigenvalue weighted by Crippen LogP contribution is 2.31. The molecule has 20 heavy (non-hydrogen) atoms. The lowest BCUT2D eigenvalue weighted by Gasteiger charge is -2.28. The molecule has 3 rings (SSSR count). The number of aryl methyl sites for hydroxylation is 1. The van der Waals surface area contributed by atoms with Gasteiger partial charge in [0.1, 0.15) is 5.82 Å². The maximum absolute atomic E-state index is 12.6. The van der Waals surface area contributed by atoms with E-state index in [0.29, 0.717) is 17.1 Å². The van der Waals surface area contributed by atoms with Crippen LogP contribution in [-0.2, 0) is 10.0 Å². The van der Waals surface area contributed by atoms with E-state index in [4.69, 9.17) is 0 Å². The number of carbonyl (C=O) groups is 1. The molecule has 2 aromatic rings. The summed E-state index contributed by atoms with van der Waals surface area (Å²) in [6, 6.07) is 6.75. The summed E-state index contributed by atoms with van der Waals surface area (Å²) >= 11 is 0. The lowest BCUT2D eigenvalue weighted by molar-refractivity contribution is 0.0982. The first-order valence-corrected chi connectivity index (χ1v) is 7.61. The molecule has 0 unspecified atom stereocenters. The summed E-state index contributed by atoms with van der Waals surface area (Å²) < 4.78 is 26.5. The molecule has 0 amide bonds. The molecule has 0 bridgehead atoms. The average Bonchev–Trinajstić information content (AvgIpc) is 2.87. The van der Waals surface area contributed by atoms with Gasteiger partial charge in [0.2, 0.25) is 0 Å². The molecular formula is C13H13N3O3S. The second kappa shape index (κ2) is 4.45. The van der Waals surface area contributed by atoms with Crippen molar-refractivity contribution in [2.24, 2.45) is 0 Å². The van der Waals surface area contributed by atoms with Gasteiger partial charge in [0.15, 0.2) is 10.8 Å². The maximum Gasteiger partial charge on any atom is 0.281 e. The van der Waals surface area contributed by atoms with Crippen molar-refractivity contribution in [2.75, 3.05) is 10.8 Å². The number of rotatable bonds is 2. The number of anilines is 1. The van der Waals surface area contributed by atoms with Crippen molar-refractivity contribution in [3.05, 3.63) is 41.9 Å². The summed E-state index contributed by atoms with van der Waals surface area (Å²) in [6.07, 6.45) is 1.48. The number of hydrogen-bond acceptors (Lipinski definition) is 4. The molecular weight excluding hydrogens is 278 g/mol. The SMILES string of the molecule is Cc1ncc(S(=O)(=O)N2CCC(=O)c3ccccc32)[nH]1. The van der Waals surface area contributed by atoms with Gasteiger partial charge in [-0.1, -0.05) is 12.1 Å². The lowest BCUT2D eigenvalue weighted by Crippen LogP contribution is -2.37. The summed E-state index contributed by atoms with van der Waals surface area (Å²) in [5, 5.41) is 0.0409. The van der Waals surface area contributed by atoms with Gasteiger partial charge >= 0.3 is 0 Å². The zero-order valence-corrected chi connectivity index (χ0v) is 11.6. The summed E-state index contributed by atoms with van der Waals surface area (Å²) in [6.45, 7) is 1.84. The van der Waals surface area contributed by atoms with E-state index < -0.39 is 10.0 Å². The number of ketones is 1. The Bertz CT molecular complexity index is 780. The number of nitrogens with zero attached hydrogens (tertiary/aromatic N) is 2. The molecule has 1 aliphatic heterocycles. The van der Waals surface area contributed by atoms with Crippen molar-refractivity contribution in [3.8, 4) is 0 Å². The lowest BCUT2D eigenvalue weighted by atomic mass is 10.0. The molecule has 2 heterocycles. The Kier molecular flexibility index (Phi) is 2.86. The van der Waals surface area contributed by atoms with Gasteiger partial charge in [-0.15, -0.1) is 0 Å². The monoisotopic (exact) mass is 291 g/mol. The number of H-pyrrole nitrogens is 1. The van der Waals surface area contributed by atoms with Crippen LogP contribution >= 0.6 is 0 Å². The first-order valence-electron chi connectivity index (χ1n) is 6.17. The number of nitrogens with one attached hydrogen (secondary N) is 1. The molecule has 7 heteroatoms. The number of fused-ring (bicyclic) bond motifs is 1. The zero-order chi connectivity index (χ0) is 14.3. The number of sulfonamides is 1. The van der Waals surface area contributed by atoms with E-state index in [1.165, 1.54) is 10.5 Å². The molecule has 6 nitrogen and oxygen atoms in total. The Hall–Kier alpha value is -2.15. The van der Waals surface area contributed by atoms with E-state index in [9.17, 15) is 13.2 Å². The van der Waals surface area contributed by atoms with Crippen molar-refractivity contribution in [2.45, 2.75) is 18.4 Å². The predicted molar refractivity (Wildman–Crippen MR) is 73.2 cm³/mol. The first-order chi connectivity index (χ1) is 9.50. The highest BCUT2D eigenvalue weighted by Gasteiger charge is 2.32. The van der Waals surface area contributed by atoms with Crippen LogP contribution in [0.15, 0.2) is 35.5 Å². The summed E-state index contributed by atoms with van der Waals surface area (Å²) in [5.41, 5.74) is 0.870. The Labute approximate surface area is 116 Å². The highest BCUT2D eigenvalue weighted by atomic mass is 32.2. The standard InChI is InChI=1S/C13H13N3O3S/c1-9-14-8-13(15-9)20(18,19)16-7-6-12(17)10-4-2-3-5-11(10)16/h2-5,8H,6-7H2,1H3,(H,14,15). The number of Topliss-reactive ketones (excluding diaryl/α,β-unsaturated/α-hetero) is 1. The molecule has 1 aromatic carbocycles. The Balaban J connectivity index is 2.12. The van der Waals surface area contributed by atoms with Crippen LogP contribution in [0.5, 0.6) is 0 Å². The second-order valence-corrected chi connectivity index (χ2v) is 6.43. The summed E-state index contributed by atoms with van der Waals surface area (Å²) in [5.74, 6) is 0.498. The molecule has 0 radical (unpaired) electrons. The molecule has 0 atom stereocenters. The molecule has 0 spiro atoms. The quantitative estimate of drug-likeness (QED) is 0.909. The fourth-order valence-corrected chi connectivity index (χ4v) is 3.73. The number of aromatic amines is 1. The Morgan fingerprint density at radius 3 is 2.75 bits per heavy atom. The maximum atomic E-state index is 12.6. The third-order valence-corrected chi connectivity index (χ3v) is 4.99. The Morgan fingerprint density at radius 2 is 2.05 bits per heavy atom. The minimum absolute atomic E-state index is 0.0344. The number of hydrogen-bond donors (Lipinski definition) is 1. The zero-order valence-electron chi connectivity index (χ0n) is 10.8. The predicted octanol–water partition coefficient (Wildman–Crippen LogP) is 1.50. The van der Waals surface area contributed by atoms with Crippen molar-refractivity contribution in [3.63, 3.8) is 0 Å². The van der Waals surface area contributed by atoms with Crippen molar-refractivity contribution >= 4 is 21.5 Å². The van der Waals surface area contributed by atoms with Gasteiger partial charge in [-0.25, -0.2) is 4.98 Å². The third kappa shape index (κ3) is 1.90. The topological polar surface area (TPSA) is 83.1 Å².